The minimum absolute atomic E-state index is 0. The van der Waals surface area contributed by atoms with Crippen molar-refractivity contribution in [2.75, 3.05) is 45.3 Å². The summed E-state index contributed by atoms with van der Waals surface area (Å²) in [6, 6.07) is 13.1. The van der Waals surface area contributed by atoms with Crippen molar-refractivity contribution in [2.45, 2.75) is 13.8 Å². The molecule has 0 saturated heterocycles. The van der Waals surface area contributed by atoms with Gasteiger partial charge in [-0.1, -0.05) is 37.3 Å². The van der Waals surface area contributed by atoms with Gasteiger partial charge in [0.1, 0.15) is 11.5 Å². The normalized spacial score (nSPS) is 10.7. The van der Waals surface area contributed by atoms with Crippen LogP contribution in [0.5, 0.6) is 11.5 Å². The zero-order chi connectivity index (χ0) is 20.8. The Morgan fingerprint density at radius 1 is 1.03 bits per heavy atom. The van der Waals surface area contributed by atoms with Crippen LogP contribution >= 0.6 is 23.7 Å². The first-order valence-electron chi connectivity index (χ1n) is 9.73. The number of hydrogen-bond acceptors (Lipinski definition) is 6. The summed E-state index contributed by atoms with van der Waals surface area (Å²) >= 11 is 1.51. The summed E-state index contributed by atoms with van der Waals surface area (Å²) in [5, 5.41) is 0.677. The molecule has 0 aliphatic heterocycles. The Hall–Kier alpha value is -2.35. The maximum Gasteiger partial charge on any atom is 0.263 e. The highest BCUT2D eigenvalue weighted by Gasteiger charge is 2.24. The lowest BCUT2D eigenvalue weighted by atomic mass is 10.1. The molecule has 162 valence electrons. The molecule has 0 bridgehead atoms. The topological polar surface area (TPSA) is 54.9 Å². The highest BCUT2D eigenvalue weighted by molar-refractivity contribution is 7.22. The molecular weight excluding hydrogens is 422 g/mol. The minimum Gasteiger partial charge on any atom is -0.497 e. The third-order valence-electron chi connectivity index (χ3n) is 4.93. The van der Waals surface area contributed by atoms with E-state index in [2.05, 4.69) is 18.7 Å². The Morgan fingerprint density at radius 3 is 2.43 bits per heavy atom. The fourth-order valence-electron chi connectivity index (χ4n) is 3.17. The zero-order valence-corrected chi connectivity index (χ0v) is 19.4. The summed E-state index contributed by atoms with van der Waals surface area (Å²) in [5.74, 6) is 1.20. The second kappa shape index (κ2) is 11.2. The molecule has 0 saturated carbocycles. The SMILES string of the molecule is CCN(CC)CCN(C(=O)c1ccccc1OC)c1nc2cc(OC)ccc2s1.Cl. The molecule has 0 spiro atoms. The smallest absolute Gasteiger partial charge is 0.263 e. The number of methoxy groups -OCH3 is 2. The standard InChI is InChI=1S/C22H27N3O3S.ClH/c1-5-24(6-2)13-14-25(21(26)17-9-7-8-10-19(17)28-4)22-23-18-15-16(27-3)11-12-20(18)29-22;/h7-12,15H,5-6,13-14H2,1-4H3;1H. The van der Waals surface area contributed by atoms with Crippen LogP contribution in [0.1, 0.15) is 24.2 Å². The molecule has 0 unspecified atom stereocenters. The van der Waals surface area contributed by atoms with Crippen LogP contribution in [0, 0.1) is 0 Å². The van der Waals surface area contributed by atoms with Gasteiger partial charge in [-0.25, -0.2) is 4.98 Å². The van der Waals surface area contributed by atoms with Gasteiger partial charge in [-0.15, -0.1) is 12.4 Å². The lowest BCUT2D eigenvalue weighted by molar-refractivity contribution is 0.0981. The van der Waals surface area contributed by atoms with Gasteiger partial charge in [0.05, 0.1) is 30.0 Å². The van der Waals surface area contributed by atoms with Gasteiger partial charge in [0.25, 0.3) is 5.91 Å². The third kappa shape index (κ3) is 5.22. The van der Waals surface area contributed by atoms with Gasteiger partial charge >= 0.3 is 0 Å². The van der Waals surface area contributed by atoms with Gasteiger partial charge in [0, 0.05) is 19.2 Å². The molecule has 1 amide bonds. The number of benzene rings is 2. The van der Waals surface area contributed by atoms with Crippen molar-refractivity contribution < 1.29 is 14.3 Å². The summed E-state index contributed by atoms with van der Waals surface area (Å²) in [7, 11) is 3.21. The summed E-state index contributed by atoms with van der Waals surface area (Å²) < 4.78 is 11.7. The molecule has 0 aliphatic rings. The fourth-order valence-corrected chi connectivity index (χ4v) is 4.14. The molecule has 6 nitrogen and oxygen atoms in total. The quantitative estimate of drug-likeness (QED) is 0.473. The lowest BCUT2D eigenvalue weighted by Gasteiger charge is -2.25. The number of aromatic nitrogens is 1. The highest BCUT2D eigenvalue weighted by Crippen LogP contribution is 2.32. The predicted octanol–water partition coefficient (Wildman–Crippen LogP) is 4.72. The number of amides is 1. The number of anilines is 1. The van der Waals surface area contributed by atoms with Gasteiger partial charge in [-0.3, -0.25) is 9.69 Å². The molecule has 8 heteroatoms. The Balaban J connectivity index is 0.00000320. The fraction of sp³-hybridized carbons (Fsp3) is 0.364. The number of nitrogens with zero attached hydrogens (tertiary/aromatic N) is 3. The van der Waals surface area contributed by atoms with Gasteiger partial charge < -0.3 is 14.4 Å². The van der Waals surface area contributed by atoms with Crippen molar-refractivity contribution in [1.82, 2.24) is 9.88 Å². The number of para-hydroxylation sites is 1. The van der Waals surface area contributed by atoms with Gasteiger partial charge in [-0.2, -0.15) is 0 Å². The molecule has 30 heavy (non-hydrogen) atoms. The first kappa shape index (κ1) is 23.9. The van der Waals surface area contributed by atoms with Crippen molar-refractivity contribution in [3.63, 3.8) is 0 Å². The van der Waals surface area contributed by atoms with Gasteiger partial charge in [0.15, 0.2) is 5.13 Å². The van der Waals surface area contributed by atoms with E-state index in [1.54, 1.807) is 31.3 Å². The Kier molecular flexibility index (Phi) is 8.89. The number of carbonyl (C=O) groups excluding carboxylic acids is 1. The van der Waals surface area contributed by atoms with E-state index in [0.717, 1.165) is 35.6 Å². The van der Waals surface area contributed by atoms with E-state index < -0.39 is 0 Å². The number of thiazole rings is 1. The molecule has 0 aliphatic carbocycles. The predicted molar refractivity (Wildman–Crippen MR) is 126 cm³/mol. The first-order chi connectivity index (χ1) is 14.1. The maximum atomic E-state index is 13.5. The van der Waals surface area contributed by atoms with E-state index in [-0.39, 0.29) is 18.3 Å². The summed E-state index contributed by atoms with van der Waals surface area (Å²) in [6.45, 7) is 7.44. The van der Waals surface area contributed by atoms with E-state index >= 15 is 0 Å². The van der Waals surface area contributed by atoms with E-state index in [9.17, 15) is 4.79 Å². The van der Waals surface area contributed by atoms with Crippen molar-refractivity contribution in [3.8, 4) is 11.5 Å². The lowest BCUT2D eigenvalue weighted by Crippen LogP contribution is -2.39. The van der Waals surface area contributed by atoms with Crippen molar-refractivity contribution in [3.05, 3.63) is 48.0 Å². The van der Waals surface area contributed by atoms with Crippen LogP contribution in [-0.4, -0.2) is 56.2 Å². The van der Waals surface area contributed by atoms with Crippen LogP contribution in [0.15, 0.2) is 42.5 Å². The second-order valence-corrected chi connectivity index (χ2v) is 7.52. The molecule has 0 N–H and O–H groups in total. The molecular formula is C22H28ClN3O3S. The van der Waals surface area contributed by atoms with Gasteiger partial charge in [0.2, 0.25) is 0 Å². The molecule has 1 heterocycles. The number of ether oxygens (including phenoxy) is 2. The Bertz CT molecular complexity index is 975. The minimum atomic E-state index is -0.111. The number of rotatable bonds is 9. The summed E-state index contributed by atoms with van der Waals surface area (Å²) in [6.07, 6.45) is 0. The van der Waals surface area contributed by atoms with Crippen LogP contribution in [-0.2, 0) is 0 Å². The molecule has 0 radical (unpaired) electrons. The number of halogens is 1. The van der Waals surface area contributed by atoms with Crippen LogP contribution in [0.4, 0.5) is 5.13 Å². The van der Waals surface area contributed by atoms with Crippen LogP contribution in [0.3, 0.4) is 0 Å². The molecule has 1 aromatic heterocycles. The number of carbonyl (C=O) groups is 1. The van der Waals surface area contributed by atoms with Crippen molar-refractivity contribution >= 4 is 45.0 Å². The zero-order valence-electron chi connectivity index (χ0n) is 17.8. The average Bonchev–Trinajstić information content (AvgIpc) is 3.19. The number of likely N-dealkylation sites (N-methyl/N-ethyl adjacent to an activating group) is 1. The third-order valence-corrected chi connectivity index (χ3v) is 5.99. The number of hydrogen-bond donors (Lipinski definition) is 0. The van der Waals surface area contributed by atoms with E-state index in [1.807, 2.05) is 30.3 Å². The first-order valence-corrected chi connectivity index (χ1v) is 10.5. The molecule has 2 aromatic carbocycles. The largest absolute Gasteiger partial charge is 0.497 e. The van der Waals surface area contributed by atoms with E-state index in [0.29, 0.717) is 23.0 Å². The average molecular weight is 450 g/mol. The Morgan fingerprint density at radius 2 is 1.77 bits per heavy atom. The second-order valence-electron chi connectivity index (χ2n) is 6.51. The van der Waals surface area contributed by atoms with Gasteiger partial charge in [-0.05, 0) is 37.4 Å². The van der Waals surface area contributed by atoms with Crippen molar-refractivity contribution in [1.29, 1.82) is 0 Å². The van der Waals surface area contributed by atoms with E-state index in [4.69, 9.17) is 14.5 Å². The molecule has 3 rings (SSSR count). The molecule has 0 fully saturated rings. The monoisotopic (exact) mass is 449 g/mol. The Labute approximate surface area is 187 Å². The molecule has 3 aromatic rings. The van der Waals surface area contributed by atoms with Crippen LogP contribution < -0.4 is 14.4 Å². The van der Waals surface area contributed by atoms with Crippen LogP contribution in [0.25, 0.3) is 10.2 Å². The van der Waals surface area contributed by atoms with Crippen molar-refractivity contribution in [2.24, 2.45) is 0 Å². The molecule has 0 atom stereocenters. The number of fused-ring (bicyclic) bond motifs is 1. The highest BCUT2D eigenvalue weighted by atomic mass is 35.5. The summed E-state index contributed by atoms with van der Waals surface area (Å²) in [4.78, 5) is 22.3. The summed E-state index contributed by atoms with van der Waals surface area (Å²) in [5.41, 5.74) is 1.36. The maximum absolute atomic E-state index is 13.5. The van der Waals surface area contributed by atoms with Crippen LogP contribution in [0.2, 0.25) is 0 Å². The van der Waals surface area contributed by atoms with E-state index in [1.165, 1.54) is 11.3 Å².